The summed E-state index contributed by atoms with van der Waals surface area (Å²) in [5.41, 5.74) is 1.44. The number of rotatable bonds is 4. The molecule has 2 aliphatic rings. The van der Waals surface area contributed by atoms with Crippen LogP contribution in [0, 0.1) is 12.7 Å². The van der Waals surface area contributed by atoms with Crippen LogP contribution in [0.2, 0.25) is 0 Å². The molecule has 3 heterocycles. The van der Waals surface area contributed by atoms with Gasteiger partial charge in [0.25, 0.3) is 0 Å². The summed E-state index contributed by atoms with van der Waals surface area (Å²) in [6.45, 7) is 1.51. The van der Waals surface area contributed by atoms with E-state index in [-0.39, 0.29) is 16.9 Å². The summed E-state index contributed by atoms with van der Waals surface area (Å²) < 4.78 is 19.3. The largest absolute Gasteiger partial charge is 0.480 e. The number of carboxylic acids is 1. The highest BCUT2D eigenvalue weighted by Crippen LogP contribution is 2.60. The van der Waals surface area contributed by atoms with Crippen LogP contribution < -0.4 is 15.4 Å². The zero-order chi connectivity index (χ0) is 21.8. The number of pyridine rings is 1. The van der Waals surface area contributed by atoms with Gasteiger partial charge in [0.1, 0.15) is 10.8 Å². The number of benzene rings is 2. The first-order chi connectivity index (χ1) is 14.9. The Bertz CT molecular complexity index is 1240. The minimum absolute atomic E-state index is 0.0124. The standard InChI is InChI=1S/C22H16FN3O4S/c1-11-13(7-8-15(17(11)23)30-12-5-3-2-4-6-12)22(20(27)28)18-16-14(25-21(29)26-18)9-10-24-19(16)31-22/h2-10,18H,1H3,(H,27,28)(H2,25,26,29). The van der Waals surface area contributed by atoms with Crippen molar-refractivity contribution in [2.75, 3.05) is 5.32 Å². The molecule has 0 saturated carbocycles. The molecule has 7 nitrogen and oxygen atoms in total. The number of carboxylic acid groups (broad SMARTS) is 1. The topological polar surface area (TPSA) is 101 Å². The maximum Gasteiger partial charge on any atom is 0.327 e. The van der Waals surface area contributed by atoms with Gasteiger partial charge >= 0.3 is 12.0 Å². The number of aromatic nitrogens is 1. The maximum absolute atomic E-state index is 15.3. The Morgan fingerprint density at radius 2 is 2.00 bits per heavy atom. The highest BCUT2D eigenvalue weighted by Gasteiger charge is 2.59. The first-order valence-electron chi connectivity index (χ1n) is 9.43. The molecule has 0 bridgehead atoms. The molecule has 2 aromatic carbocycles. The van der Waals surface area contributed by atoms with E-state index in [9.17, 15) is 14.7 Å². The lowest BCUT2D eigenvalue weighted by Crippen LogP contribution is -2.48. The minimum Gasteiger partial charge on any atom is -0.480 e. The molecule has 0 aliphatic carbocycles. The Hall–Kier alpha value is -3.59. The summed E-state index contributed by atoms with van der Waals surface area (Å²) in [6.07, 6.45) is 1.51. The third kappa shape index (κ3) is 2.84. The van der Waals surface area contributed by atoms with Crippen molar-refractivity contribution in [3.63, 3.8) is 0 Å². The Balaban J connectivity index is 1.64. The van der Waals surface area contributed by atoms with Gasteiger partial charge in [-0.05, 0) is 42.3 Å². The summed E-state index contributed by atoms with van der Waals surface area (Å²) in [6, 6.07) is 11.9. The monoisotopic (exact) mass is 437 g/mol. The molecular weight excluding hydrogens is 421 g/mol. The Labute approximate surface area is 180 Å². The van der Waals surface area contributed by atoms with Crippen molar-refractivity contribution in [3.8, 4) is 11.5 Å². The molecule has 0 saturated heterocycles. The van der Waals surface area contributed by atoms with E-state index in [0.29, 0.717) is 22.0 Å². The number of anilines is 1. The van der Waals surface area contributed by atoms with E-state index in [2.05, 4.69) is 15.6 Å². The van der Waals surface area contributed by atoms with Crippen molar-refractivity contribution in [2.45, 2.75) is 22.7 Å². The van der Waals surface area contributed by atoms with Crippen LogP contribution in [0.3, 0.4) is 0 Å². The summed E-state index contributed by atoms with van der Waals surface area (Å²) in [5, 5.41) is 16.2. The molecule has 3 N–H and O–H groups in total. The molecule has 3 aromatic rings. The first-order valence-corrected chi connectivity index (χ1v) is 10.2. The number of thioether (sulfide) groups is 1. The van der Waals surface area contributed by atoms with Gasteiger partial charge in [0.05, 0.1) is 11.7 Å². The highest BCUT2D eigenvalue weighted by molar-refractivity contribution is 8.01. The van der Waals surface area contributed by atoms with Crippen molar-refractivity contribution in [3.05, 3.63) is 77.2 Å². The van der Waals surface area contributed by atoms with Crippen LogP contribution in [0.15, 0.2) is 59.8 Å². The van der Waals surface area contributed by atoms with E-state index in [0.717, 1.165) is 11.8 Å². The number of hydrogen-bond donors (Lipinski definition) is 3. The Morgan fingerprint density at radius 1 is 1.23 bits per heavy atom. The van der Waals surface area contributed by atoms with E-state index in [1.54, 1.807) is 30.3 Å². The van der Waals surface area contributed by atoms with Crippen LogP contribution in [-0.2, 0) is 9.54 Å². The van der Waals surface area contributed by atoms with Gasteiger partial charge < -0.3 is 20.5 Å². The van der Waals surface area contributed by atoms with Crippen LogP contribution in [0.5, 0.6) is 11.5 Å². The Morgan fingerprint density at radius 3 is 2.74 bits per heavy atom. The fraction of sp³-hybridized carbons (Fsp3) is 0.136. The van der Waals surface area contributed by atoms with Crippen LogP contribution >= 0.6 is 11.8 Å². The third-order valence-electron chi connectivity index (χ3n) is 5.47. The molecule has 0 fully saturated rings. The molecule has 2 atom stereocenters. The molecular formula is C22H16FN3O4S. The third-order valence-corrected chi connectivity index (χ3v) is 6.94. The second-order valence-electron chi connectivity index (χ2n) is 7.22. The molecule has 2 amide bonds. The van der Waals surface area contributed by atoms with E-state index in [1.807, 2.05) is 6.07 Å². The number of halogens is 1. The predicted octanol–water partition coefficient (Wildman–Crippen LogP) is 4.58. The fourth-order valence-electron chi connectivity index (χ4n) is 4.05. The van der Waals surface area contributed by atoms with Crippen molar-refractivity contribution in [1.82, 2.24) is 10.3 Å². The molecule has 2 unspecified atom stereocenters. The van der Waals surface area contributed by atoms with Crippen molar-refractivity contribution >= 4 is 29.4 Å². The number of carbonyl (C=O) groups is 2. The quantitative estimate of drug-likeness (QED) is 0.552. The first kappa shape index (κ1) is 19.4. The molecule has 5 rings (SSSR count). The van der Waals surface area contributed by atoms with E-state index >= 15 is 4.39 Å². The minimum atomic E-state index is -1.68. The average Bonchev–Trinajstić information content (AvgIpc) is 3.09. The second kappa shape index (κ2) is 6.98. The van der Waals surface area contributed by atoms with Gasteiger partial charge in [-0.25, -0.2) is 14.2 Å². The number of carbonyl (C=O) groups excluding carboxylic acids is 1. The van der Waals surface area contributed by atoms with Crippen LogP contribution in [-0.4, -0.2) is 22.1 Å². The number of para-hydroxylation sites is 1. The van der Waals surface area contributed by atoms with Crippen LogP contribution in [0.25, 0.3) is 0 Å². The number of aliphatic carboxylic acids is 1. The zero-order valence-corrected chi connectivity index (χ0v) is 17.0. The molecule has 2 aliphatic heterocycles. The lowest BCUT2D eigenvalue weighted by atomic mass is 9.83. The van der Waals surface area contributed by atoms with Crippen molar-refractivity contribution < 1.29 is 23.8 Å². The normalized spacial score (nSPS) is 21.1. The lowest BCUT2D eigenvalue weighted by Gasteiger charge is -2.35. The van der Waals surface area contributed by atoms with E-state index in [4.69, 9.17) is 4.74 Å². The van der Waals surface area contributed by atoms with Gasteiger partial charge in [0, 0.05) is 11.8 Å². The van der Waals surface area contributed by atoms with Gasteiger partial charge in [0.2, 0.25) is 0 Å². The van der Waals surface area contributed by atoms with Crippen LogP contribution in [0.4, 0.5) is 14.9 Å². The van der Waals surface area contributed by atoms with Gasteiger partial charge in [-0.1, -0.05) is 36.0 Å². The SMILES string of the molecule is Cc1c(C2(C(=O)O)Sc3nccc4c3C2NC(=O)N4)ccc(Oc2ccccc2)c1F. The summed E-state index contributed by atoms with van der Waals surface area (Å²) in [7, 11) is 0. The molecule has 0 spiro atoms. The van der Waals surface area contributed by atoms with E-state index in [1.165, 1.54) is 25.3 Å². The number of ether oxygens (including phenoxy) is 1. The molecule has 1 aromatic heterocycles. The molecule has 156 valence electrons. The Kier molecular flexibility index (Phi) is 4.37. The number of nitrogens with one attached hydrogen (secondary N) is 2. The molecule has 9 heteroatoms. The maximum atomic E-state index is 15.3. The second-order valence-corrected chi connectivity index (χ2v) is 8.45. The zero-order valence-electron chi connectivity index (χ0n) is 16.2. The summed E-state index contributed by atoms with van der Waals surface area (Å²) in [4.78, 5) is 29.2. The lowest BCUT2D eigenvalue weighted by molar-refractivity contribution is -0.141. The van der Waals surface area contributed by atoms with E-state index < -0.39 is 28.6 Å². The highest BCUT2D eigenvalue weighted by atomic mass is 32.2. The number of nitrogens with zero attached hydrogens (tertiary/aromatic N) is 1. The van der Waals surface area contributed by atoms with Gasteiger partial charge in [-0.2, -0.15) is 0 Å². The van der Waals surface area contributed by atoms with Gasteiger partial charge in [-0.3, -0.25) is 4.79 Å². The smallest absolute Gasteiger partial charge is 0.327 e. The predicted molar refractivity (Wildman–Crippen MR) is 112 cm³/mol. The molecule has 0 radical (unpaired) electrons. The number of urea groups is 1. The average molecular weight is 437 g/mol. The van der Waals surface area contributed by atoms with Gasteiger partial charge in [0.15, 0.2) is 16.3 Å². The van der Waals surface area contributed by atoms with Crippen molar-refractivity contribution in [1.29, 1.82) is 0 Å². The fourth-order valence-corrected chi connectivity index (χ4v) is 5.52. The number of hydrogen-bond acceptors (Lipinski definition) is 5. The van der Waals surface area contributed by atoms with Crippen molar-refractivity contribution in [2.24, 2.45) is 0 Å². The summed E-state index contributed by atoms with van der Waals surface area (Å²) in [5.74, 6) is -1.41. The van der Waals surface area contributed by atoms with Gasteiger partial charge in [-0.15, -0.1) is 0 Å². The summed E-state index contributed by atoms with van der Waals surface area (Å²) >= 11 is 0.994. The number of amides is 2. The molecule has 31 heavy (non-hydrogen) atoms. The van der Waals surface area contributed by atoms with Crippen LogP contribution in [0.1, 0.15) is 22.7 Å².